The number of carbonyl (C=O) groups is 1. The van der Waals surface area contributed by atoms with Crippen LogP contribution in [0.5, 0.6) is 0 Å². The van der Waals surface area contributed by atoms with E-state index in [1.807, 2.05) is 54.3 Å². The maximum absolute atomic E-state index is 14.1. The van der Waals surface area contributed by atoms with Crippen LogP contribution in [-0.2, 0) is 14.8 Å². The molecule has 2 saturated heterocycles. The Bertz CT molecular complexity index is 1710. The first kappa shape index (κ1) is 28.2. The van der Waals surface area contributed by atoms with Crippen LogP contribution in [0.15, 0.2) is 70.9 Å². The molecule has 214 valence electrons. The number of benzene rings is 3. The minimum Gasteiger partial charge on any atom is -0.368 e. The van der Waals surface area contributed by atoms with E-state index in [4.69, 9.17) is 11.6 Å². The summed E-state index contributed by atoms with van der Waals surface area (Å²) in [6.45, 7) is 9.25. The summed E-state index contributed by atoms with van der Waals surface area (Å²) in [6.07, 6.45) is 0. The molecule has 0 N–H and O–H groups in total. The Morgan fingerprint density at radius 2 is 1.63 bits per heavy atom. The lowest BCUT2D eigenvalue weighted by Crippen LogP contribution is -2.51. The number of hydrogen-bond donors (Lipinski definition) is 0. The average Bonchev–Trinajstić information content (AvgIpc) is 3.57. The number of carbonyl (C=O) groups excluding carboxylic acids is 1. The van der Waals surface area contributed by atoms with Gasteiger partial charge < -0.3 is 9.80 Å². The number of sulfonamides is 1. The first-order valence-corrected chi connectivity index (χ1v) is 16.6. The van der Waals surface area contributed by atoms with Gasteiger partial charge in [-0.1, -0.05) is 54.1 Å². The van der Waals surface area contributed by atoms with Crippen LogP contribution in [0, 0.1) is 26.7 Å². The number of hydrogen-bond acceptors (Lipinski definition) is 5. The van der Waals surface area contributed by atoms with Gasteiger partial charge in [-0.05, 0) is 72.7 Å². The monoisotopic (exact) mass is 607 g/mol. The second-order valence-corrected chi connectivity index (χ2v) is 14.8. The highest BCUT2D eigenvalue weighted by Gasteiger charge is 2.46. The van der Waals surface area contributed by atoms with Gasteiger partial charge in [0.05, 0.1) is 5.92 Å². The molecule has 1 aromatic heterocycles. The van der Waals surface area contributed by atoms with E-state index >= 15 is 0 Å². The molecule has 6 rings (SSSR count). The largest absolute Gasteiger partial charge is 0.368 e. The second kappa shape index (κ2) is 11.1. The average molecular weight is 608 g/mol. The van der Waals surface area contributed by atoms with Crippen LogP contribution in [0.25, 0.3) is 10.1 Å². The van der Waals surface area contributed by atoms with E-state index in [2.05, 4.69) is 36.9 Å². The number of aryl methyl sites for hydroxylation is 3. The zero-order valence-electron chi connectivity index (χ0n) is 23.5. The molecule has 4 aromatic rings. The minimum absolute atomic E-state index is 0.0389. The smallest absolute Gasteiger partial charge is 0.252 e. The Hall–Kier alpha value is -2.91. The molecule has 41 heavy (non-hydrogen) atoms. The SMILES string of the molecule is Cc1ccc(C)c(N2CCN(C(=O)[C@@H]3CN(S(=O)(=O)c4sc5ccc(Cl)cc5c4C)C[C@H]3c3ccccc3)CC2)c1. The lowest BCUT2D eigenvalue weighted by molar-refractivity contribution is -0.135. The van der Waals surface area contributed by atoms with E-state index in [-0.39, 0.29) is 24.9 Å². The van der Waals surface area contributed by atoms with E-state index in [0.717, 1.165) is 28.7 Å². The second-order valence-electron chi connectivity index (χ2n) is 11.2. The molecule has 2 fully saturated rings. The molecule has 3 aromatic carbocycles. The van der Waals surface area contributed by atoms with Crippen LogP contribution in [0.4, 0.5) is 5.69 Å². The minimum atomic E-state index is -3.81. The Morgan fingerprint density at radius 1 is 0.902 bits per heavy atom. The molecule has 2 aliphatic rings. The Balaban J connectivity index is 1.26. The quantitative estimate of drug-likeness (QED) is 0.270. The van der Waals surface area contributed by atoms with Gasteiger partial charge >= 0.3 is 0 Å². The third kappa shape index (κ3) is 5.27. The Morgan fingerprint density at radius 3 is 2.37 bits per heavy atom. The van der Waals surface area contributed by atoms with Gasteiger partial charge in [-0.2, -0.15) is 4.31 Å². The summed E-state index contributed by atoms with van der Waals surface area (Å²) in [5, 5.41) is 1.44. The third-order valence-electron chi connectivity index (χ3n) is 8.56. The van der Waals surface area contributed by atoms with Gasteiger partial charge in [0.15, 0.2) is 0 Å². The predicted octanol–water partition coefficient (Wildman–Crippen LogP) is 6.23. The van der Waals surface area contributed by atoms with Crippen molar-refractivity contribution < 1.29 is 13.2 Å². The first-order chi connectivity index (χ1) is 19.6. The maximum atomic E-state index is 14.1. The van der Waals surface area contributed by atoms with Crippen LogP contribution in [0.3, 0.4) is 0 Å². The van der Waals surface area contributed by atoms with Gasteiger partial charge in [0.1, 0.15) is 4.21 Å². The molecule has 0 aliphatic carbocycles. The standard InChI is InChI=1S/C32H34ClN3O3S2/c1-21-9-10-22(2)29(17-21)34-13-15-35(16-14-34)31(37)28-20-36(19-27(28)24-7-5-4-6-8-24)41(38,39)32-23(3)26-18-25(33)11-12-30(26)40-32/h4-12,17-18,27-28H,13-16,19-20H2,1-3H3/t27-,28+/m0/s1. The molecule has 0 bridgehead atoms. The van der Waals surface area contributed by atoms with Crippen molar-refractivity contribution in [2.24, 2.45) is 5.92 Å². The number of thiophene rings is 1. The predicted molar refractivity (Wildman–Crippen MR) is 168 cm³/mol. The highest BCUT2D eigenvalue weighted by atomic mass is 35.5. The van der Waals surface area contributed by atoms with E-state index < -0.39 is 15.9 Å². The van der Waals surface area contributed by atoms with Gasteiger partial charge in [-0.3, -0.25) is 4.79 Å². The molecule has 9 heteroatoms. The molecule has 2 atom stereocenters. The van der Waals surface area contributed by atoms with Gasteiger partial charge in [0.25, 0.3) is 10.0 Å². The lowest BCUT2D eigenvalue weighted by Gasteiger charge is -2.38. The number of amides is 1. The summed E-state index contributed by atoms with van der Waals surface area (Å²) >= 11 is 7.49. The van der Waals surface area contributed by atoms with Crippen LogP contribution < -0.4 is 4.90 Å². The Labute approximate surface area is 251 Å². The van der Waals surface area contributed by atoms with Crippen molar-refractivity contribution in [2.45, 2.75) is 30.9 Å². The molecule has 0 unspecified atom stereocenters. The maximum Gasteiger partial charge on any atom is 0.252 e. The third-order valence-corrected chi connectivity index (χ3v) is 12.5. The van der Waals surface area contributed by atoms with Crippen molar-refractivity contribution >= 4 is 54.6 Å². The summed E-state index contributed by atoms with van der Waals surface area (Å²) in [5.74, 6) is -0.611. The van der Waals surface area contributed by atoms with Crippen LogP contribution in [0.2, 0.25) is 5.02 Å². The van der Waals surface area contributed by atoms with Crippen LogP contribution in [-0.4, -0.2) is 62.8 Å². The van der Waals surface area contributed by atoms with E-state index in [1.165, 1.54) is 32.5 Å². The fourth-order valence-electron chi connectivity index (χ4n) is 6.25. The first-order valence-electron chi connectivity index (χ1n) is 14.0. The zero-order valence-corrected chi connectivity index (χ0v) is 25.9. The molecule has 6 nitrogen and oxygen atoms in total. The van der Waals surface area contributed by atoms with E-state index in [1.54, 1.807) is 6.07 Å². The summed E-state index contributed by atoms with van der Waals surface area (Å²) in [6, 6.07) is 21.8. The molecule has 1 amide bonds. The normalized spacial score (nSPS) is 20.2. The van der Waals surface area contributed by atoms with Gasteiger partial charge in [-0.25, -0.2) is 8.42 Å². The zero-order chi connectivity index (χ0) is 28.9. The highest BCUT2D eigenvalue weighted by molar-refractivity contribution is 7.91. The molecule has 2 aliphatic heterocycles. The molecule has 0 spiro atoms. The summed E-state index contributed by atoms with van der Waals surface area (Å²) < 4.78 is 30.9. The van der Waals surface area contributed by atoms with Crippen molar-refractivity contribution in [1.29, 1.82) is 0 Å². The van der Waals surface area contributed by atoms with E-state index in [9.17, 15) is 13.2 Å². The summed E-state index contributed by atoms with van der Waals surface area (Å²) in [5.41, 5.74) is 5.38. The van der Waals surface area contributed by atoms with Crippen molar-refractivity contribution in [3.63, 3.8) is 0 Å². The van der Waals surface area contributed by atoms with Gasteiger partial charge in [-0.15, -0.1) is 11.3 Å². The molecule has 0 radical (unpaired) electrons. The fourth-order valence-corrected chi connectivity index (χ4v) is 9.79. The summed E-state index contributed by atoms with van der Waals surface area (Å²) in [4.78, 5) is 18.4. The van der Waals surface area contributed by atoms with Gasteiger partial charge in [0, 0.05) is 60.6 Å². The molecular formula is C32H34ClN3O3S2. The number of nitrogens with zero attached hydrogens (tertiary/aromatic N) is 3. The topological polar surface area (TPSA) is 60.9 Å². The lowest BCUT2D eigenvalue weighted by atomic mass is 9.88. The number of halogens is 1. The molecule has 3 heterocycles. The number of rotatable bonds is 5. The van der Waals surface area contributed by atoms with Crippen LogP contribution >= 0.6 is 22.9 Å². The van der Waals surface area contributed by atoms with Crippen LogP contribution in [0.1, 0.15) is 28.2 Å². The van der Waals surface area contributed by atoms with Crippen molar-refractivity contribution in [3.05, 3.63) is 94.0 Å². The summed E-state index contributed by atoms with van der Waals surface area (Å²) in [7, 11) is -3.81. The molecular weight excluding hydrogens is 574 g/mol. The van der Waals surface area contributed by atoms with E-state index in [0.29, 0.717) is 27.9 Å². The van der Waals surface area contributed by atoms with Crippen molar-refractivity contribution in [3.8, 4) is 0 Å². The van der Waals surface area contributed by atoms with Crippen molar-refractivity contribution in [1.82, 2.24) is 9.21 Å². The van der Waals surface area contributed by atoms with Crippen molar-refractivity contribution in [2.75, 3.05) is 44.2 Å². The Kier molecular flexibility index (Phi) is 7.61. The highest BCUT2D eigenvalue weighted by Crippen LogP contribution is 2.41. The fraction of sp³-hybridized carbons (Fsp3) is 0.344. The molecule has 0 saturated carbocycles. The number of fused-ring (bicyclic) bond motifs is 1. The number of piperazine rings is 1. The van der Waals surface area contributed by atoms with Gasteiger partial charge in [0.2, 0.25) is 5.91 Å². The number of anilines is 1.